The summed E-state index contributed by atoms with van der Waals surface area (Å²) in [5.74, 6) is -0.0350. The Bertz CT molecular complexity index is 415. The summed E-state index contributed by atoms with van der Waals surface area (Å²) >= 11 is 0. The predicted octanol–water partition coefficient (Wildman–Crippen LogP) is 2.86. The zero-order valence-electron chi connectivity index (χ0n) is 13.8. The second-order valence-corrected chi connectivity index (χ2v) is 5.84. The van der Waals surface area contributed by atoms with Gasteiger partial charge in [0.15, 0.2) is 0 Å². The average molecular weight is 291 g/mol. The zero-order chi connectivity index (χ0) is 15.7. The molecule has 118 valence electrons. The number of carbonyl (C=O) groups excluding carboxylic acids is 1. The van der Waals surface area contributed by atoms with E-state index in [1.807, 2.05) is 24.3 Å². The Balaban J connectivity index is 2.14. The minimum absolute atomic E-state index is 0.0350. The van der Waals surface area contributed by atoms with Crippen LogP contribution in [0.5, 0.6) is 0 Å². The molecule has 0 atom stereocenters. The first-order valence-corrected chi connectivity index (χ1v) is 7.76. The van der Waals surface area contributed by atoms with Gasteiger partial charge < -0.3 is 15.5 Å². The Morgan fingerprint density at radius 3 is 2.43 bits per heavy atom. The fraction of sp³-hybridized carbons (Fsp3) is 0.588. The minimum atomic E-state index is -0.0350. The van der Waals surface area contributed by atoms with E-state index in [1.165, 1.54) is 25.3 Å². The highest BCUT2D eigenvalue weighted by molar-refractivity contribution is 5.88. The zero-order valence-corrected chi connectivity index (χ0v) is 13.8. The molecule has 1 amide bonds. The fourth-order valence-electron chi connectivity index (χ4n) is 2.01. The summed E-state index contributed by atoms with van der Waals surface area (Å²) in [6.45, 7) is 9.04. The second kappa shape index (κ2) is 9.53. The van der Waals surface area contributed by atoms with Crippen LogP contribution >= 0.6 is 0 Å². The van der Waals surface area contributed by atoms with Crippen LogP contribution in [-0.4, -0.2) is 37.0 Å². The van der Waals surface area contributed by atoms with Crippen molar-refractivity contribution in [2.24, 2.45) is 0 Å². The Morgan fingerprint density at radius 2 is 1.86 bits per heavy atom. The standard InChI is InChI=1S/C17H29N3O/c1-14(2)20(4)12-6-5-11-18-13-16-7-9-17(10-8-16)19-15(3)21/h7-10,14,18H,5-6,11-13H2,1-4H3,(H,19,21). The number of rotatable bonds is 9. The number of hydrogen-bond acceptors (Lipinski definition) is 3. The third kappa shape index (κ3) is 7.83. The molecule has 1 aromatic rings. The maximum absolute atomic E-state index is 10.9. The normalized spacial score (nSPS) is 11.1. The van der Waals surface area contributed by atoms with Crippen molar-refractivity contribution in [3.05, 3.63) is 29.8 Å². The van der Waals surface area contributed by atoms with Gasteiger partial charge in [0.1, 0.15) is 0 Å². The van der Waals surface area contributed by atoms with Crippen LogP contribution in [0.4, 0.5) is 5.69 Å². The maximum atomic E-state index is 10.9. The Morgan fingerprint density at radius 1 is 1.19 bits per heavy atom. The first-order chi connectivity index (χ1) is 9.99. The first kappa shape index (κ1) is 17.7. The molecule has 0 unspecified atom stereocenters. The van der Waals surface area contributed by atoms with E-state index in [4.69, 9.17) is 0 Å². The quantitative estimate of drug-likeness (QED) is 0.688. The lowest BCUT2D eigenvalue weighted by molar-refractivity contribution is -0.114. The average Bonchev–Trinajstić information content (AvgIpc) is 2.43. The van der Waals surface area contributed by atoms with E-state index in [0.717, 1.165) is 25.3 Å². The van der Waals surface area contributed by atoms with E-state index in [0.29, 0.717) is 6.04 Å². The van der Waals surface area contributed by atoms with E-state index < -0.39 is 0 Å². The van der Waals surface area contributed by atoms with Gasteiger partial charge in [-0.3, -0.25) is 4.79 Å². The molecule has 0 aliphatic carbocycles. The Labute approximate surface area is 128 Å². The lowest BCUT2D eigenvalue weighted by Gasteiger charge is -2.20. The largest absolute Gasteiger partial charge is 0.326 e. The van der Waals surface area contributed by atoms with Crippen LogP contribution in [0.25, 0.3) is 0 Å². The van der Waals surface area contributed by atoms with Gasteiger partial charge in [0.2, 0.25) is 5.91 Å². The number of benzene rings is 1. The minimum Gasteiger partial charge on any atom is -0.326 e. The SMILES string of the molecule is CC(=O)Nc1ccc(CNCCCCN(C)C(C)C)cc1. The van der Waals surface area contributed by atoms with E-state index in [-0.39, 0.29) is 5.91 Å². The van der Waals surface area contributed by atoms with Crippen LogP contribution in [0, 0.1) is 0 Å². The summed E-state index contributed by atoms with van der Waals surface area (Å²) in [5.41, 5.74) is 2.09. The predicted molar refractivity (Wildman–Crippen MR) is 89.5 cm³/mol. The molecule has 1 rings (SSSR count). The van der Waals surface area contributed by atoms with Crippen molar-refractivity contribution >= 4 is 11.6 Å². The van der Waals surface area contributed by atoms with Crippen molar-refractivity contribution in [1.29, 1.82) is 0 Å². The number of hydrogen-bond donors (Lipinski definition) is 2. The van der Waals surface area contributed by atoms with E-state index in [2.05, 4.69) is 36.4 Å². The smallest absolute Gasteiger partial charge is 0.221 e. The molecule has 21 heavy (non-hydrogen) atoms. The van der Waals surface area contributed by atoms with Crippen molar-refractivity contribution in [3.63, 3.8) is 0 Å². The lowest BCUT2D eigenvalue weighted by Crippen LogP contribution is -2.27. The Kier molecular flexibility index (Phi) is 8.01. The number of nitrogens with zero attached hydrogens (tertiary/aromatic N) is 1. The molecule has 0 aromatic heterocycles. The summed E-state index contributed by atoms with van der Waals surface area (Å²) in [6, 6.07) is 8.60. The van der Waals surface area contributed by atoms with Crippen molar-refractivity contribution in [3.8, 4) is 0 Å². The topological polar surface area (TPSA) is 44.4 Å². The third-order valence-corrected chi connectivity index (χ3v) is 3.60. The molecule has 0 saturated carbocycles. The van der Waals surface area contributed by atoms with Gasteiger partial charge >= 0.3 is 0 Å². The molecule has 4 heteroatoms. The number of nitrogens with one attached hydrogen (secondary N) is 2. The summed E-state index contributed by atoms with van der Waals surface area (Å²) in [6.07, 6.45) is 2.42. The number of amides is 1. The molecule has 0 aliphatic rings. The van der Waals surface area contributed by atoms with Crippen LogP contribution in [0.3, 0.4) is 0 Å². The molecule has 0 bridgehead atoms. The lowest BCUT2D eigenvalue weighted by atomic mass is 10.2. The Hall–Kier alpha value is -1.39. The highest BCUT2D eigenvalue weighted by atomic mass is 16.1. The molecule has 4 nitrogen and oxygen atoms in total. The van der Waals surface area contributed by atoms with Crippen molar-refractivity contribution in [2.75, 3.05) is 25.5 Å². The van der Waals surface area contributed by atoms with E-state index in [9.17, 15) is 4.79 Å². The van der Waals surface area contributed by atoms with Gasteiger partial charge in [0.05, 0.1) is 0 Å². The van der Waals surface area contributed by atoms with Gasteiger partial charge in [-0.2, -0.15) is 0 Å². The molecule has 0 radical (unpaired) electrons. The molecule has 2 N–H and O–H groups in total. The van der Waals surface area contributed by atoms with Gasteiger partial charge in [0, 0.05) is 25.2 Å². The highest BCUT2D eigenvalue weighted by Gasteiger charge is 2.01. The van der Waals surface area contributed by atoms with Gasteiger partial charge in [-0.1, -0.05) is 12.1 Å². The fourth-order valence-corrected chi connectivity index (χ4v) is 2.01. The highest BCUT2D eigenvalue weighted by Crippen LogP contribution is 2.09. The van der Waals surface area contributed by atoms with Crippen molar-refractivity contribution in [2.45, 2.75) is 46.2 Å². The summed E-state index contributed by atoms with van der Waals surface area (Å²) in [4.78, 5) is 13.3. The number of carbonyl (C=O) groups is 1. The van der Waals surface area contributed by atoms with Crippen LogP contribution in [0.2, 0.25) is 0 Å². The van der Waals surface area contributed by atoms with E-state index >= 15 is 0 Å². The maximum Gasteiger partial charge on any atom is 0.221 e. The molecule has 0 heterocycles. The van der Waals surface area contributed by atoms with Gasteiger partial charge in [-0.15, -0.1) is 0 Å². The molecule has 0 saturated heterocycles. The van der Waals surface area contributed by atoms with Crippen LogP contribution in [0.1, 0.15) is 39.2 Å². The van der Waals surface area contributed by atoms with Crippen LogP contribution < -0.4 is 10.6 Å². The van der Waals surface area contributed by atoms with Crippen molar-refractivity contribution < 1.29 is 4.79 Å². The molecule has 1 aromatic carbocycles. The van der Waals surface area contributed by atoms with Gasteiger partial charge in [-0.05, 0) is 64.5 Å². The third-order valence-electron chi connectivity index (χ3n) is 3.60. The number of anilines is 1. The first-order valence-electron chi connectivity index (χ1n) is 7.76. The van der Waals surface area contributed by atoms with E-state index in [1.54, 1.807) is 0 Å². The summed E-state index contributed by atoms with van der Waals surface area (Å²) in [7, 11) is 2.18. The molecule has 0 aliphatic heterocycles. The molecule has 0 fully saturated rings. The summed E-state index contributed by atoms with van der Waals surface area (Å²) in [5, 5.41) is 6.23. The monoisotopic (exact) mass is 291 g/mol. The van der Waals surface area contributed by atoms with Crippen LogP contribution in [-0.2, 0) is 11.3 Å². The van der Waals surface area contributed by atoms with Crippen LogP contribution in [0.15, 0.2) is 24.3 Å². The molecular formula is C17H29N3O. The van der Waals surface area contributed by atoms with Gasteiger partial charge in [-0.25, -0.2) is 0 Å². The van der Waals surface area contributed by atoms with Gasteiger partial charge in [0.25, 0.3) is 0 Å². The second-order valence-electron chi connectivity index (χ2n) is 5.84. The number of unbranched alkanes of at least 4 members (excludes halogenated alkanes) is 1. The van der Waals surface area contributed by atoms with Crippen molar-refractivity contribution in [1.82, 2.24) is 10.2 Å². The summed E-state index contributed by atoms with van der Waals surface area (Å²) < 4.78 is 0. The molecule has 0 spiro atoms. The molecular weight excluding hydrogens is 262 g/mol.